The number of hydrogen-bond donors (Lipinski definition) is 1. The first-order valence-corrected chi connectivity index (χ1v) is 9.00. The average molecular weight is 301 g/mol. The van der Waals surface area contributed by atoms with Crippen LogP contribution in [-0.4, -0.2) is 26.5 Å². The molecule has 1 N–H and O–H groups in total. The zero-order valence-corrected chi connectivity index (χ0v) is 13.0. The van der Waals surface area contributed by atoms with Crippen LogP contribution in [0.2, 0.25) is 0 Å². The van der Waals surface area contributed by atoms with Crippen LogP contribution in [0, 0.1) is 5.82 Å². The van der Waals surface area contributed by atoms with Gasteiger partial charge in [0, 0.05) is 18.3 Å². The molecule has 1 rings (SSSR count). The van der Waals surface area contributed by atoms with Crippen molar-refractivity contribution in [1.82, 2.24) is 5.32 Å². The Labute approximate surface area is 121 Å². The van der Waals surface area contributed by atoms with Crippen molar-refractivity contribution < 1.29 is 12.8 Å². The fourth-order valence-corrected chi connectivity index (χ4v) is 2.74. The number of unbranched alkanes of at least 4 members (excludes halogenated alkanes) is 1. The Morgan fingerprint density at radius 1 is 1.20 bits per heavy atom. The minimum atomic E-state index is -2.95. The molecule has 0 radical (unpaired) electrons. The number of benzene rings is 1. The van der Waals surface area contributed by atoms with E-state index in [-0.39, 0.29) is 23.4 Å². The van der Waals surface area contributed by atoms with Crippen LogP contribution < -0.4 is 5.32 Å². The van der Waals surface area contributed by atoms with Crippen LogP contribution >= 0.6 is 0 Å². The molecule has 0 amide bonds. The van der Waals surface area contributed by atoms with Crippen molar-refractivity contribution in [3.8, 4) is 0 Å². The molecule has 1 unspecified atom stereocenters. The third kappa shape index (κ3) is 6.01. The van der Waals surface area contributed by atoms with Gasteiger partial charge >= 0.3 is 0 Å². The van der Waals surface area contributed by atoms with Gasteiger partial charge in [-0.2, -0.15) is 0 Å². The molecule has 0 aliphatic carbocycles. The zero-order valence-electron chi connectivity index (χ0n) is 12.2. The summed E-state index contributed by atoms with van der Waals surface area (Å²) in [6.07, 6.45) is 3.05. The van der Waals surface area contributed by atoms with E-state index in [2.05, 4.69) is 12.2 Å². The van der Waals surface area contributed by atoms with E-state index in [4.69, 9.17) is 0 Å². The third-order valence-corrected chi connectivity index (χ3v) is 5.07. The normalized spacial score (nSPS) is 13.3. The lowest BCUT2D eigenvalue weighted by Gasteiger charge is -2.19. The highest BCUT2D eigenvalue weighted by atomic mass is 32.2. The topological polar surface area (TPSA) is 46.2 Å². The summed E-state index contributed by atoms with van der Waals surface area (Å²) in [5.41, 5.74) is 1.01. The largest absolute Gasteiger partial charge is 0.309 e. The second-order valence-corrected chi connectivity index (χ2v) is 7.41. The van der Waals surface area contributed by atoms with Gasteiger partial charge in [-0.05, 0) is 24.1 Å². The quantitative estimate of drug-likeness (QED) is 0.762. The van der Waals surface area contributed by atoms with Crippen molar-refractivity contribution in [2.45, 2.75) is 39.2 Å². The SMILES string of the molecule is CCCCC(NCCS(=O)(=O)CC)c1ccc(F)cc1. The maximum Gasteiger partial charge on any atom is 0.151 e. The molecular formula is C15H24FNO2S. The summed E-state index contributed by atoms with van der Waals surface area (Å²) in [4.78, 5) is 0. The summed E-state index contributed by atoms with van der Waals surface area (Å²) in [7, 11) is -2.95. The van der Waals surface area contributed by atoms with Gasteiger partial charge in [-0.1, -0.05) is 38.8 Å². The number of nitrogens with one attached hydrogen (secondary N) is 1. The van der Waals surface area contributed by atoms with E-state index < -0.39 is 9.84 Å². The Hall–Kier alpha value is -0.940. The molecule has 0 saturated carbocycles. The maximum atomic E-state index is 13.0. The molecule has 0 spiro atoms. The predicted octanol–water partition coefficient (Wildman–Crippen LogP) is 3.08. The third-order valence-electron chi connectivity index (χ3n) is 3.36. The Bertz CT molecular complexity index is 485. The fraction of sp³-hybridized carbons (Fsp3) is 0.600. The number of hydrogen-bond acceptors (Lipinski definition) is 3. The second kappa shape index (κ2) is 8.37. The van der Waals surface area contributed by atoms with Crippen molar-refractivity contribution in [2.24, 2.45) is 0 Å². The van der Waals surface area contributed by atoms with E-state index in [1.807, 2.05) is 0 Å². The van der Waals surface area contributed by atoms with E-state index in [0.717, 1.165) is 24.8 Å². The molecular weight excluding hydrogens is 277 g/mol. The highest BCUT2D eigenvalue weighted by molar-refractivity contribution is 7.91. The van der Waals surface area contributed by atoms with E-state index in [9.17, 15) is 12.8 Å². The molecule has 114 valence electrons. The van der Waals surface area contributed by atoms with Gasteiger partial charge in [0.1, 0.15) is 5.82 Å². The monoisotopic (exact) mass is 301 g/mol. The smallest absolute Gasteiger partial charge is 0.151 e. The van der Waals surface area contributed by atoms with Gasteiger partial charge in [-0.15, -0.1) is 0 Å². The molecule has 0 heterocycles. The Morgan fingerprint density at radius 3 is 2.40 bits per heavy atom. The molecule has 0 aliphatic heterocycles. The first-order chi connectivity index (χ1) is 9.48. The average Bonchev–Trinajstić information content (AvgIpc) is 2.43. The zero-order chi connectivity index (χ0) is 15.0. The highest BCUT2D eigenvalue weighted by Gasteiger charge is 2.13. The Kier molecular flexibility index (Phi) is 7.16. The molecule has 0 aliphatic rings. The lowest BCUT2D eigenvalue weighted by atomic mass is 10.0. The van der Waals surface area contributed by atoms with Gasteiger partial charge in [-0.3, -0.25) is 0 Å². The van der Waals surface area contributed by atoms with Gasteiger partial charge in [0.25, 0.3) is 0 Å². The Morgan fingerprint density at radius 2 is 1.85 bits per heavy atom. The lowest BCUT2D eigenvalue weighted by molar-refractivity contribution is 0.492. The van der Waals surface area contributed by atoms with E-state index in [0.29, 0.717) is 6.54 Å². The van der Waals surface area contributed by atoms with Crippen LogP contribution in [0.4, 0.5) is 4.39 Å². The van der Waals surface area contributed by atoms with Gasteiger partial charge in [0.05, 0.1) is 5.75 Å². The summed E-state index contributed by atoms with van der Waals surface area (Å²) in [6, 6.07) is 6.49. The standard InChI is InChI=1S/C15H24FNO2S/c1-3-5-6-15(13-7-9-14(16)10-8-13)17-11-12-20(18,19)4-2/h7-10,15,17H,3-6,11-12H2,1-2H3. The van der Waals surface area contributed by atoms with Crippen LogP contribution in [0.1, 0.15) is 44.7 Å². The molecule has 0 saturated heterocycles. The molecule has 0 fully saturated rings. The Balaban J connectivity index is 2.62. The molecule has 0 bridgehead atoms. The minimum Gasteiger partial charge on any atom is -0.309 e. The molecule has 1 aromatic rings. The minimum absolute atomic E-state index is 0.0857. The summed E-state index contributed by atoms with van der Waals surface area (Å²) in [5, 5.41) is 3.28. The summed E-state index contributed by atoms with van der Waals surface area (Å²) >= 11 is 0. The molecule has 0 aromatic heterocycles. The molecule has 3 nitrogen and oxygen atoms in total. The van der Waals surface area contributed by atoms with Crippen LogP contribution in [0.3, 0.4) is 0 Å². The predicted molar refractivity (Wildman–Crippen MR) is 81.0 cm³/mol. The van der Waals surface area contributed by atoms with E-state index in [1.165, 1.54) is 12.1 Å². The number of rotatable bonds is 9. The highest BCUT2D eigenvalue weighted by Crippen LogP contribution is 2.19. The summed E-state index contributed by atoms with van der Waals surface area (Å²) in [6.45, 7) is 4.20. The summed E-state index contributed by atoms with van der Waals surface area (Å²) in [5.74, 6) is 0.0644. The van der Waals surface area contributed by atoms with Gasteiger partial charge in [-0.25, -0.2) is 12.8 Å². The van der Waals surface area contributed by atoms with Crippen molar-refractivity contribution in [1.29, 1.82) is 0 Å². The van der Waals surface area contributed by atoms with Gasteiger partial charge in [0.2, 0.25) is 0 Å². The molecule has 20 heavy (non-hydrogen) atoms. The first-order valence-electron chi connectivity index (χ1n) is 7.17. The van der Waals surface area contributed by atoms with Crippen molar-refractivity contribution in [3.63, 3.8) is 0 Å². The molecule has 1 atom stereocenters. The van der Waals surface area contributed by atoms with Crippen LogP contribution in [0.5, 0.6) is 0 Å². The number of sulfone groups is 1. The van der Waals surface area contributed by atoms with Crippen molar-refractivity contribution in [2.75, 3.05) is 18.1 Å². The number of halogens is 1. The molecule has 1 aromatic carbocycles. The van der Waals surface area contributed by atoms with Crippen molar-refractivity contribution >= 4 is 9.84 Å². The van der Waals surface area contributed by atoms with Crippen LogP contribution in [0.15, 0.2) is 24.3 Å². The van der Waals surface area contributed by atoms with Gasteiger partial charge < -0.3 is 5.32 Å². The van der Waals surface area contributed by atoms with Crippen molar-refractivity contribution in [3.05, 3.63) is 35.6 Å². The van der Waals surface area contributed by atoms with E-state index >= 15 is 0 Å². The van der Waals surface area contributed by atoms with Crippen LogP contribution in [-0.2, 0) is 9.84 Å². The second-order valence-electron chi connectivity index (χ2n) is 4.94. The molecule has 5 heteroatoms. The van der Waals surface area contributed by atoms with Gasteiger partial charge in [0.15, 0.2) is 9.84 Å². The lowest BCUT2D eigenvalue weighted by Crippen LogP contribution is -2.28. The fourth-order valence-electron chi connectivity index (χ4n) is 2.02. The van der Waals surface area contributed by atoms with E-state index in [1.54, 1.807) is 19.1 Å². The first kappa shape index (κ1) is 17.1. The van der Waals surface area contributed by atoms with Crippen LogP contribution in [0.25, 0.3) is 0 Å². The maximum absolute atomic E-state index is 13.0. The summed E-state index contributed by atoms with van der Waals surface area (Å²) < 4.78 is 35.9.